The number of furan rings is 1. The van der Waals surface area contributed by atoms with Crippen molar-refractivity contribution in [1.82, 2.24) is 4.57 Å². The van der Waals surface area contributed by atoms with Crippen molar-refractivity contribution < 1.29 is 13.1 Å². The SMILES string of the molecule is [2H]C([2H])([2H])c1cc(C)c(-c2n(-c3c(C(C)C)cc(-c4ccc(-c5ccccc5)cc4)cc3C(C)C)c3ccccc3[n+]2C)c2oc3ccccc3c12. The number of rotatable bonds is 6. The molecule has 242 valence electrons. The minimum Gasteiger partial charge on any atom is -0.455 e. The molecule has 0 bridgehead atoms. The lowest BCUT2D eigenvalue weighted by molar-refractivity contribution is -0.633. The first-order valence-corrected chi connectivity index (χ1v) is 17.2. The Morgan fingerprint density at radius 2 is 1.24 bits per heavy atom. The Bertz CT molecular complexity index is 2600. The Morgan fingerprint density at radius 1 is 0.653 bits per heavy atom. The van der Waals surface area contributed by atoms with Crippen molar-refractivity contribution >= 4 is 33.0 Å². The van der Waals surface area contributed by atoms with E-state index >= 15 is 0 Å². The van der Waals surface area contributed by atoms with E-state index in [4.69, 9.17) is 8.53 Å². The lowest BCUT2D eigenvalue weighted by Crippen LogP contribution is -2.30. The van der Waals surface area contributed by atoms with Gasteiger partial charge in [0.05, 0.1) is 7.05 Å². The summed E-state index contributed by atoms with van der Waals surface area (Å²) in [5.41, 5.74) is 13.9. The predicted octanol–water partition coefficient (Wildman–Crippen LogP) is 12.2. The summed E-state index contributed by atoms with van der Waals surface area (Å²) in [6.07, 6.45) is 0. The summed E-state index contributed by atoms with van der Waals surface area (Å²) in [7, 11) is 2.10. The van der Waals surface area contributed by atoms with Gasteiger partial charge in [-0.1, -0.05) is 119 Å². The Morgan fingerprint density at radius 3 is 1.92 bits per heavy atom. The number of aryl methyl sites for hydroxylation is 3. The zero-order valence-electron chi connectivity index (χ0n) is 32.0. The largest absolute Gasteiger partial charge is 0.455 e. The standard InChI is InChI=1S/C46H43N2O/c1-28(2)37-26-35(34-23-21-33(22-24-34)32-15-9-8-10-16-32)27-38(29(3)4)44(37)48-40-19-13-12-18-39(40)47(7)46(48)43-31(6)25-30(5)42-36-17-11-14-20-41(36)49-45(42)43/h8-29H,1-7H3/q+1/i5D3. The van der Waals surface area contributed by atoms with Gasteiger partial charge in [-0.3, -0.25) is 0 Å². The van der Waals surface area contributed by atoms with Crippen LogP contribution in [-0.2, 0) is 7.05 Å². The Balaban J connectivity index is 1.45. The van der Waals surface area contributed by atoms with Crippen LogP contribution in [0.15, 0.2) is 126 Å². The molecule has 0 saturated carbocycles. The molecule has 8 aromatic rings. The van der Waals surface area contributed by atoms with Crippen molar-refractivity contribution in [2.24, 2.45) is 7.05 Å². The average Bonchev–Trinajstić information content (AvgIpc) is 3.65. The van der Waals surface area contributed by atoms with Crippen LogP contribution in [0.25, 0.3) is 72.3 Å². The summed E-state index contributed by atoms with van der Waals surface area (Å²) in [6.45, 7) is 8.77. The van der Waals surface area contributed by atoms with Gasteiger partial charge in [-0.25, -0.2) is 4.57 Å². The van der Waals surface area contributed by atoms with Crippen LogP contribution < -0.4 is 4.57 Å². The van der Waals surface area contributed by atoms with E-state index in [0.29, 0.717) is 22.1 Å². The molecule has 2 aromatic heterocycles. The number of benzene rings is 6. The highest BCUT2D eigenvalue weighted by atomic mass is 16.3. The third-order valence-corrected chi connectivity index (χ3v) is 10.0. The van der Waals surface area contributed by atoms with Crippen LogP contribution >= 0.6 is 0 Å². The third-order valence-electron chi connectivity index (χ3n) is 10.0. The van der Waals surface area contributed by atoms with E-state index in [0.717, 1.165) is 39.1 Å². The number of imidazole rings is 1. The van der Waals surface area contributed by atoms with Gasteiger partial charge in [0, 0.05) is 26.0 Å². The van der Waals surface area contributed by atoms with Crippen LogP contribution in [-0.4, -0.2) is 4.57 Å². The van der Waals surface area contributed by atoms with E-state index in [-0.39, 0.29) is 11.8 Å². The fraction of sp³-hybridized carbons (Fsp3) is 0.196. The minimum absolute atomic E-state index is 0.209. The number of hydrogen-bond acceptors (Lipinski definition) is 1. The fourth-order valence-electron chi connectivity index (χ4n) is 7.60. The van der Waals surface area contributed by atoms with Gasteiger partial charge >= 0.3 is 0 Å². The normalized spacial score (nSPS) is 13.1. The van der Waals surface area contributed by atoms with Crippen molar-refractivity contribution in [3.8, 4) is 39.3 Å². The summed E-state index contributed by atoms with van der Waals surface area (Å²) in [5, 5.41) is 1.46. The number of hydrogen-bond donors (Lipinski definition) is 0. The molecule has 3 nitrogen and oxygen atoms in total. The molecule has 0 saturated heterocycles. The molecule has 0 unspecified atom stereocenters. The predicted molar refractivity (Wildman–Crippen MR) is 206 cm³/mol. The molecule has 0 aliphatic heterocycles. The molecule has 0 aliphatic rings. The summed E-state index contributed by atoms with van der Waals surface area (Å²) in [4.78, 5) is 0. The van der Waals surface area contributed by atoms with Crippen LogP contribution in [0.1, 0.15) is 65.9 Å². The van der Waals surface area contributed by atoms with Crippen LogP contribution in [0.2, 0.25) is 0 Å². The number of nitrogens with zero attached hydrogens (tertiary/aromatic N) is 2. The van der Waals surface area contributed by atoms with Crippen molar-refractivity contribution in [2.45, 2.75) is 53.3 Å². The molecule has 2 heterocycles. The second-order valence-corrected chi connectivity index (χ2v) is 13.9. The van der Waals surface area contributed by atoms with Crippen molar-refractivity contribution in [2.75, 3.05) is 0 Å². The molecule has 49 heavy (non-hydrogen) atoms. The molecule has 6 aromatic carbocycles. The molecular weight excluding hydrogens is 597 g/mol. The number of aromatic nitrogens is 2. The van der Waals surface area contributed by atoms with Gasteiger partial charge in [0.1, 0.15) is 16.8 Å². The average molecular weight is 643 g/mol. The van der Waals surface area contributed by atoms with E-state index in [1.807, 2.05) is 43.3 Å². The summed E-state index contributed by atoms with van der Waals surface area (Å²) in [5.74, 6) is 1.37. The van der Waals surface area contributed by atoms with Gasteiger partial charge in [-0.05, 0) is 89.3 Å². The molecule has 0 fully saturated rings. The highest BCUT2D eigenvalue weighted by Crippen LogP contribution is 2.44. The Hall–Kier alpha value is -5.41. The molecule has 0 amide bonds. The Labute approximate surface area is 293 Å². The van der Waals surface area contributed by atoms with Crippen molar-refractivity contribution in [1.29, 1.82) is 0 Å². The van der Waals surface area contributed by atoms with Gasteiger partial charge in [0.25, 0.3) is 5.82 Å². The molecule has 3 heteroatoms. The zero-order chi connectivity index (χ0) is 36.5. The van der Waals surface area contributed by atoms with E-state index < -0.39 is 6.85 Å². The number of fused-ring (bicyclic) bond motifs is 4. The summed E-state index contributed by atoms with van der Waals surface area (Å²) < 4.78 is 36.9. The molecule has 0 atom stereocenters. The minimum atomic E-state index is -2.31. The van der Waals surface area contributed by atoms with Gasteiger partial charge in [0.2, 0.25) is 0 Å². The first-order valence-electron chi connectivity index (χ1n) is 18.7. The van der Waals surface area contributed by atoms with Crippen molar-refractivity contribution in [3.05, 3.63) is 144 Å². The van der Waals surface area contributed by atoms with E-state index in [1.165, 1.54) is 33.4 Å². The fourth-order valence-corrected chi connectivity index (χ4v) is 7.60. The molecule has 0 spiro atoms. The van der Waals surface area contributed by atoms with Gasteiger partial charge < -0.3 is 4.42 Å². The summed E-state index contributed by atoms with van der Waals surface area (Å²) in [6, 6.07) is 42.2. The first kappa shape index (κ1) is 27.5. The maximum absolute atomic E-state index is 8.53. The van der Waals surface area contributed by atoms with Crippen LogP contribution in [0.3, 0.4) is 0 Å². The molecule has 0 aliphatic carbocycles. The molecule has 0 radical (unpaired) electrons. The van der Waals surface area contributed by atoms with E-state index in [1.54, 1.807) is 0 Å². The highest BCUT2D eigenvalue weighted by molar-refractivity contribution is 6.11. The van der Waals surface area contributed by atoms with Crippen LogP contribution in [0.5, 0.6) is 0 Å². The maximum Gasteiger partial charge on any atom is 0.299 e. The van der Waals surface area contributed by atoms with Gasteiger partial charge in [-0.15, -0.1) is 0 Å². The lowest BCUT2D eigenvalue weighted by atomic mass is 9.87. The molecular formula is C46H43N2O+. The van der Waals surface area contributed by atoms with Gasteiger partial charge in [0.15, 0.2) is 16.6 Å². The summed E-state index contributed by atoms with van der Waals surface area (Å²) >= 11 is 0. The first-order chi connectivity index (χ1) is 24.9. The second-order valence-electron chi connectivity index (χ2n) is 13.9. The van der Waals surface area contributed by atoms with E-state index in [9.17, 15) is 0 Å². The second kappa shape index (κ2) is 11.9. The zero-order valence-corrected chi connectivity index (χ0v) is 29.0. The highest BCUT2D eigenvalue weighted by Gasteiger charge is 2.34. The van der Waals surface area contributed by atoms with Crippen LogP contribution in [0.4, 0.5) is 0 Å². The maximum atomic E-state index is 8.53. The van der Waals surface area contributed by atoms with Crippen LogP contribution in [0, 0.1) is 13.8 Å². The lowest BCUT2D eigenvalue weighted by Gasteiger charge is -2.21. The number of para-hydroxylation sites is 3. The Kier molecular flexibility index (Phi) is 6.70. The van der Waals surface area contributed by atoms with Gasteiger partial charge in [-0.2, -0.15) is 4.57 Å². The third kappa shape index (κ3) is 4.99. The topological polar surface area (TPSA) is 21.9 Å². The molecule has 0 N–H and O–H groups in total. The molecule has 8 rings (SSSR count). The van der Waals surface area contributed by atoms with Crippen molar-refractivity contribution in [3.63, 3.8) is 0 Å². The van der Waals surface area contributed by atoms with E-state index in [2.05, 4.69) is 129 Å². The monoisotopic (exact) mass is 642 g/mol. The smallest absolute Gasteiger partial charge is 0.299 e. The quantitative estimate of drug-likeness (QED) is 0.165.